The molecule has 3 N–H and O–H groups in total. The van der Waals surface area contributed by atoms with Crippen LogP contribution in [0.15, 0.2) is 24.3 Å². The average Bonchev–Trinajstić information content (AvgIpc) is 2.28. The molecule has 6 heteroatoms. The van der Waals surface area contributed by atoms with Crippen LogP contribution in [0.3, 0.4) is 0 Å². The van der Waals surface area contributed by atoms with Gasteiger partial charge in [0.15, 0.2) is 0 Å². The summed E-state index contributed by atoms with van der Waals surface area (Å²) in [5, 5.41) is 2.68. The van der Waals surface area contributed by atoms with Crippen molar-refractivity contribution >= 4 is 34.4 Å². The number of benzene rings is 1. The Labute approximate surface area is 113 Å². The van der Waals surface area contributed by atoms with E-state index in [1.807, 2.05) is 12.1 Å². The predicted molar refractivity (Wildman–Crippen MR) is 71.5 cm³/mol. The molecular weight excluding hydrogens is 335 g/mol. The molecule has 0 spiro atoms. The van der Waals surface area contributed by atoms with E-state index in [0.717, 1.165) is 3.57 Å². The number of amides is 2. The highest BCUT2D eigenvalue weighted by Gasteiger charge is 2.04. The SMILES string of the molecule is NC(=O)COCCNC(=O)c1cccc(I)c1. The van der Waals surface area contributed by atoms with Crippen molar-refractivity contribution in [2.75, 3.05) is 19.8 Å². The van der Waals surface area contributed by atoms with Crippen LogP contribution in [0.5, 0.6) is 0 Å². The number of hydrogen-bond acceptors (Lipinski definition) is 3. The number of carbonyl (C=O) groups is 2. The number of ether oxygens (including phenoxy) is 1. The van der Waals surface area contributed by atoms with E-state index in [0.29, 0.717) is 12.1 Å². The van der Waals surface area contributed by atoms with Crippen molar-refractivity contribution in [3.05, 3.63) is 33.4 Å². The van der Waals surface area contributed by atoms with Crippen LogP contribution in [0.2, 0.25) is 0 Å². The Balaban J connectivity index is 2.28. The molecule has 17 heavy (non-hydrogen) atoms. The summed E-state index contributed by atoms with van der Waals surface area (Å²) in [6.07, 6.45) is 0. The lowest BCUT2D eigenvalue weighted by molar-refractivity contribution is -0.122. The molecule has 2 amide bonds. The summed E-state index contributed by atoms with van der Waals surface area (Å²) in [4.78, 5) is 22.0. The molecule has 0 radical (unpaired) electrons. The van der Waals surface area contributed by atoms with Crippen LogP contribution in [0.4, 0.5) is 0 Å². The zero-order chi connectivity index (χ0) is 12.7. The second kappa shape index (κ2) is 7.23. The summed E-state index contributed by atoms with van der Waals surface area (Å²) in [6.45, 7) is 0.481. The molecule has 0 saturated heterocycles. The summed E-state index contributed by atoms with van der Waals surface area (Å²) in [5.74, 6) is -0.680. The highest BCUT2D eigenvalue weighted by molar-refractivity contribution is 14.1. The number of halogens is 1. The fraction of sp³-hybridized carbons (Fsp3) is 0.273. The Hall–Kier alpha value is -1.15. The van der Waals surface area contributed by atoms with Gasteiger partial charge in [-0.3, -0.25) is 9.59 Å². The van der Waals surface area contributed by atoms with Crippen molar-refractivity contribution in [2.45, 2.75) is 0 Å². The first-order valence-electron chi connectivity index (χ1n) is 4.99. The van der Waals surface area contributed by atoms with E-state index in [9.17, 15) is 9.59 Å². The van der Waals surface area contributed by atoms with Gasteiger partial charge in [-0.2, -0.15) is 0 Å². The average molecular weight is 348 g/mol. The van der Waals surface area contributed by atoms with Crippen molar-refractivity contribution in [2.24, 2.45) is 5.73 Å². The fourth-order valence-electron chi connectivity index (χ4n) is 1.14. The molecule has 0 heterocycles. The molecule has 1 aromatic rings. The van der Waals surface area contributed by atoms with Gasteiger partial charge in [-0.25, -0.2) is 0 Å². The van der Waals surface area contributed by atoms with Gasteiger partial charge in [0.2, 0.25) is 5.91 Å². The molecule has 0 aliphatic heterocycles. The van der Waals surface area contributed by atoms with Gasteiger partial charge in [0.1, 0.15) is 6.61 Å². The Morgan fingerprint density at radius 3 is 2.82 bits per heavy atom. The summed E-state index contributed by atoms with van der Waals surface area (Å²) >= 11 is 2.14. The Kier molecular flexibility index (Phi) is 5.92. The van der Waals surface area contributed by atoms with Crippen LogP contribution in [0, 0.1) is 3.57 Å². The molecule has 0 saturated carbocycles. The van der Waals surface area contributed by atoms with E-state index in [1.165, 1.54) is 0 Å². The van der Waals surface area contributed by atoms with Crippen LogP contribution in [-0.2, 0) is 9.53 Å². The summed E-state index contributed by atoms with van der Waals surface area (Å²) in [7, 11) is 0. The van der Waals surface area contributed by atoms with Gasteiger partial charge in [-0.05, 0) is 40.8 Å². The Morgan fingerprint density at radius 1 is 1.41 bits per heavy atom. The summed E-state index contributed by atoms with van der Waals surface area (Å²) in [6, 6.07) is 7.26. The standard InChI is InChI=1S/C11H13IN2O3/c12-9-3-1-2-8(6-9)11(16)14-4-5-17-7-10(13)15/h1-3,6H,4-5,7H2,(H2,13,15)(H,14,16). The van der Waals surface area contributed by atoms with Crippen molar-refractivity contribution in [1.82, 2.24) is 5.32 Å². The molecule has 1 rings (SSSR count). The topological polar surface area (TPSA) is 81.4 Å². The first kappa shape index (κ1) is 13.9. The Morgan fingerprint density at radius 2 is 2.18 bits per heavy atom. The van der Waals surface area contributed by atoms with Gasteiger partial charge >= 0.3 is 0 Å². The van der Waals surface area contributed by atoms with Crippen LogP contribution < -0.4 is 11.1 Å². The number of rotatable bonds is 6. The Bertz CT molecular complexity index is 409. The number of nitrogens with two attached hydrogens (primary N) is 1. The van der Waals surface area contributed by atoms with E-state index in [2.05, 4.69) is 27.9 Å². The van der Waals surface area contributed by atoms with Gasteiger partial charge < -0.3 is 15.8 Å². The maximum atomic E-state index is 11.6. The lowest BCUT2D eigenvalue weighted by Crippen LogP contribution is -2.28. The smallest absolute Gasteiger partial charge is 0.251 e. The second-order valence-corrected chi connectivity index (χ2v) is 4.53. The molecule has 0 aliphatic carbocycles. The lowest BCUT2D eigenvalue weighted by atomic mass is 10.2. The minimum Gasteiger partial charge on any atom is -0.370 e. The summed E-state index contributed by atoms with van der Waals surface area (Å²) < 4.78 is 5.91. The fourth-order valence-corrected chi connectivity index (χ4v) is 1.68. The largest absolute Gasteiger partial charge is 0.370 e. The third-order valence-electron chi connectivity index (χ3n) is 1.86. The number of nitrogens with one attached hydrogen (secondary N) is 1. The van der Waals surface area contributed by atoms with Crippen LogP contribution in [0.25, 0.3) is 0 Å². The van der Waals surface area contributed by atoms with Crippen LogP contribution in [0.1, 0.15) is 10.4 Å². The molecule has 5 nitrogen and oxygen atoms in total. The molecule has 92 valence electrons. The molecule has 0 aliphatic rings. The third kappa shape index (κ3) is 5.64. The number of hydrogen-bond donors (Lipinski definition) is 2. The minimum atomic E-state index is -0.520. The molecular formula is C11H13IN2O3. The van der Waals surface area contributed by atoms with Gasteiger partial charge in [-0.1, -0.05) is 6.07 Å². The quantitative estimate of drug-likeness (QED) is 0.581. The molecule has 0 bridgehead atoms. The van der Waals surface area contributed by atoms with Crippen molar-refractivity contribution in [3.8, 4) is 0 Å². The van der Waals surface area contributed by atoms with Crippen LogP contribution >= 0.6 is 22.6 Å². The highest BCUT2D eigenvalue weighted by atomic mass is 127. The minimum absolute atomic E-state index is 0.126. The number of carbonyl (C=O) groups excluding carboxylic acids is 2. The normalized spacial score (nSPS) is 9.94. The molecule has 0 fully saturated rings. The van der Waals surface area contributed by atoms with Crippen molar-refractivity contribution < 1.29 is 14.3 Å². The van der Waals surface area contributed by atoms with E-state index < -0.39 is 5.91 Å². The second-order valence-electron chi connectivity index (χ2n) is 3.29. The van der Waals surface area contributed by atoms with Gasteiger partial charge in [0.05, 0.1) is 6.61 Å². The molecule has 1 aromatic carbocycles. The lowest BCUT2D eigenvalue weighted by Gasteiger charge is -2.05. The first-order chi connectivity index (χ1) is 8.09. The monoisotopic (exact) mass is 348 g/mol. The predicted octanol–water partition coefficient (Wildman–Crippen LogP) is 0.523. The zero-order valence-corrected chi connectivity index (χ0v) is 11.3. The van der Waals surface area contributed by atoms with E-state index >= 15 is 0 Å². The summed E-state index contributed by atoms with van der Waals surface area (Å²) in [5.41, 5.74) is 5.49. The molecule has 0 atom stereocenters. The molecule has 0 unspecified atom stereocenters. The van der Waals surface area contributed by atoms with E-state index in [4.69, 9.17) is 10.5 Å². The van der Waals surface area contributed by atoms with Gasteiger partial charge in [0.25, 0.3) is 5.91 Å². The zero-order valence-electron chi connectivity index (χ0n) is 9.11. The third-order valence-corrected chi connectivity index (χ3v) is 2.53. The van der Waals surface area contributed by atoms with E-state index in [1.54, 1.807) is 12.1 Å². The van der Waals surface area contributed by atoms with Crippen molar-refractivity contribution in [1.29, 1.82) is 0 Å². The maximum absolute atomic E-state index is 11.6. The first-order valence-corrected chi connectivity index (χ1v) is 6.07. The highest BCUT2D eigenvalue weighted by Crippen LogP contribution is 2.07. The molecule has 0 aromatic heterocycles. The number of primary amides is 1. The maximum Gasteiger partial charge on any atom is 0.251 e. The van der Waals surface area contributed by atoms with Crippen molar-refractivity contribution in [3.63, 3.8) is 0 Å². The van der Waals surface area contributed by atoms with Crippen LogP contribution in [-0.4, -0.2) is 31.6 Å². The van der Waals surface area contributed by atoms with Gasteiger partial charge in [0, 0.05) is 15.7 Å². The van der Waals surface area contributed by atoms with Gasteiger partial charge in [-0.15, -0.1) is 0 Å². The van der Waals surface area contributed by atoms with E-state index in [-0.39, 0.29) is 19.1 Å².